The van der Waals surface area contributed by atoms with Gasteiger partial charge in [0.1, 0.15) is 0 Å². The molecule has 0 unspecified atom stereocenters. The number of halogens is 2. The molecule has 1 aliphatic heterocycles. The Morgan fingerprint density at radius 3 is 2.38 bits per heavy atom. The van der Waals surface area contributed by atoms with Gasteiger partial charge in [0, 0.05) is 22.0 Å². The summed E-state index contributed by atoms with van der Waals surface area (Å²) < 4.78 is 5.69. The quantitative estimate of drug-likeness (QED) is 0.747. The standard InChI is InChI=1S/C12H13Cl2NO/c1-7-3-8(2)16-12(15-7)9-4-10(13)6-11(14)5-9/h4-8H,3H2,1-2H3/t7-,8+/m0/s1. The van der Waals surface area contributed by atoms with E-state index in [-0.39, 0.29) is 12.1 Å². The molecule has 0 radical (unpaired) electrons. The molecule has 0 amide bonds. The number of benzene rings is 1. The van der Waals surface area contributed by atoms with Gasteiger partial charge in [0.05, 0.1) is 12.1 Å². The van der Waals surface area contributed by atoms with E-state index < -0.39 is 0 Å². The molecule has 0 N–H and O–H groups in total. The van der Waals surface area contributed by atoms with Gasteiger partial charge < -0.3 is 4.74 Å². The summed E-state index contributed by atoms with van der Waals surface area (Å²) in [5.41, 5.74) is 0.843. The van der Waals surface area contributed by atoms with E-state index in [1.165, 1.54) is 0 Å². The topological polar surface area (TPSA) is 21.6 Å². The SMILES string of the molecule is C[C@@H]1C[C@H](C)N=C(c2cc(Cl)cc(Cl)c2)O1. The fraction of sp³-hybridized carbons (Fsp3) is 0.417. The summed E-state index contributed by atoms with van der Waals surface area (Å²) in [6.45, 7) is 4.11. The molecule has 86 valence electrons. The second kappa shape index (κ2) is 4.64. The van der Waals surface area contributed by atoms with Gasteiger partial charge >= 0.3 is 0 Å². The lowest BCUT2D eigenvalue weighted by molar-refractivity contribution is 0.171. The zero-order chi connectivity index (χ0) is 11.7. The number of aliphatic imine (C=N–C) groups is 1. The minimum absolute atomic E-state index is 0.181. The molecule has 0 aliphatic carbocycles. The van der Waals surface area contributed by atoms with Crippen LogP contribution in [0.3, 0.4) is 0 Å². The van der Waals surface area contributed by atoms with Crippen LogP contribution in [-0.2, 0) is 4.74 Å². The molecule has 1 aromatic carbocycles. The van der Waals surface area contributed by atoms with Crippen LogP contribution in [0.25, 0.3) is 0 Å². The Balaban J connectivity index is 2.36. The van der Waals surface area contributed by atoms with Crippen LogP contribution in [0.2, 0.25) is 10.0 Å². The molecule has 0 spiro atoms. The monoisotopic (exact) mass is 257 g/mol. The molecule has 0 fully saturated rings. The third-order valence-electron chi connectivity index (χ3n) is 2.43. The normalized spacial score (nSPS) is 24.9. The van der Waals surface area contributed by atoms with Crippen molar-refractivity contribution < 1.29 is 4.74 Å². The largest absolute Gasteiger partial charge is 0.474 e. The van der Waals surface area contributed by atoms with Crippen LogP contribution in [0.1, 0.15) is 25.8 Å². The predicted molar refractivity (Wildman–Crippen MR) is 67.6 cm³/mol. The van der Waals surface area contributed by atoms with Crippen LogP contribution in [0.15, 0.2) is 23.2 Å². The van der Waals surface area contributed by atoms with Crippen molar-refractivity contribution in [2.45, 2.75) is 32.4 Å². The number of hydrogen-bond donors (Lipinski definition) is 0. The van der Waals surface area contributed by atoms with Crippen LogP contribution in [-0.4, -0.2) is 18.0 Å². The third kappa shape index (κ3) is 2.69. The van der Waals surface area contributed by atoms with E-state index in [1.807, 2.05) is 19.1 Å². The summed E-state index contributed by atoms with van der Waals surface area (Å²) in [4.78, 5) is 4.46. The molecular formula is C12H13Cl2NO. The molecule has 1 heterocycles. The van der Waals surface area contributed by atoms with Crippen molar-refractivity contribution in [3.8, 4) is 0 Å². The maximum absolute atomic E-state index is 5.95. The minimum atomic E-state index is 0.181. The van der Waals surface area contributed by atoms with Crippen LogP contribution < -0.4 is 0 Å². The highest BCUT2D eigenvalue weighted by atomic mass is 35.5. The molecule has 4 heteroatoms. The van der Waals surface area contributed by atoms with Crippen LogP contribution in [0.4, 0.5) is 0 Å². The Kier molecular flexibility index (Phi) is 3.41. The summed E-state index contributed by atoms with van der Waals surface area (Å²) in [6.07, 6.45) is 1.12. The van der Waals surface area contributed by atoms with Gasteiger partial charge in [0.25, 0.3) is 0 Å². The van der Waals surface area contributed by atoms with Crippen molar-refractivity contribution in [1.82, 2.24) is 0 Å². The fourth-order valence-electron chi connectivity index (χ4n) is 1.82. The smallest absolute Gasteiger partial charge is 0.216 e. The first-order chi connectivity index (χ1) is 7.54. The maximum Gasteiger partial charge on any atom is 0.216 e. The summed E-state index contributed by atoms with van der Waals surface area (Å²) in [7, 11) is 0. The van der Waals surface area contributed by atoms with E-state index in [9.17, 15) is 0 Å². The molecule has 1 aliphatic rings. The van der Waals surface area contributed by atoms with Crippen molar-refractivity contribution in [3.05, 3.63) is 33.8 Å². The van der Waals surface area contributed by atoms with Gasteiger partial charge in [-0.25, -0.2) is 4.99 Å². The summed E-state index contributed by atoms with van der Waals surface area (Å²) >= 11 is 11.9. The van der Waals surface area contributed by atoms with Crippen LogP contribution in [0.5, 0.6) is 0 Å². The van der Waals surface area contributed by atoms with Crippen molar-refractivity contribution in [2.75, 3.05) is 0 Å². The number of rotatable bonds is 1. The molecule has 0 aromatic heterocycles. The van der Waals surface area contributed by atoms with Crippen LogP contribution >= 0.6 is 23.2 Å². The summed E-state index contributed by atoms with van der Waals surface area (Å²) in [5.74, 6) is 0.635. The van der Waals surface area contributed by atoms with E-state index in [0.717, 1.165) is 12.0 Å². The van der Waals surface area contributed by atoms with Gasteiger partial charge in [-0.15, -0.1) is 0 Å². The Hall–Kier alpha value is -0.730. The van der Waals surface area contributed by atoms with Gasteiger partial charge in [-0.2, -0.15) is 0 Å². The average Bonchev–Trinajstić information content (AvgIpc) is 2.14. The van der Waals surface area contributed by atoms with Crippen LogP contribution in [0, 0.1) is 0 Å². The summed E-state index contributed by atoms with van der Waals surface area (Å²) in [6, 6.07) is 5.60. The molecule has 0 saturated heterocycles. The lowest BCUT2D eigenvalue weighted by Gasteiger charge is -2.24. The average molecular weight is 258 g/mol. The highest BCUT2D eigenvalue weighted by Gasteiger charge is 2.20. The lowest BCUT2D eigenvalue weighted by Crippen LogP contribution is -2.26. The molecule has 0 saturated carbocycles. The fourth-order valence-corrected chi connectivity index (χ4v) is 2.35. The first-order valence-corrected chi connectivity index (χ1v) is 6.01. The van der Waals surface area contributed by atoms with Crippen molar-refractivity contribution in [2.24, 2.45) is 4.99 Å². The van der Waals surface area contributed by atoms with Gasteiger partial charge in [0.2, 0.25) is 5.90 Å². The van der Waals surface area contributed by atoms with Gasteiger partial charge in [-0.3, -0.25) is 0 Å². The Morgan fingerprint density at radius 2 is 1.81 bits per heavy atom. The molecule has 0 bridgehead atoms. The van der Waals surface area contributed by atoms with Gasteiger partial charge in [-0.1, -0.05) is 23.2 Å². The number of hydrogen-bond acceptors (Lipinski definition) is 2. The van der Waals surface area contributed by atoms with Crippen molar-refractivity contribution in [1.29, 1.82) is 0 Å². The molecule has 16 heavy (non-hydrogen) atoms. The zero-order valence-electron chi connectivity index (χ0n) is 9.21. The minimum Gasteiger partial charge on any atom is -0.474 e. The second-order valence-corrected chi connectivity index (χ2v) is 4.98. The first-order valence-electron chi connectivity index (χ1n) is 5.25. The third-order valence-corrected chi connectivity index (χ3v) is 2.87. The van der Waals surface area contributed by atoms with Gasteiger partial charge in [-0.05, 0) is 32.0 Å². The van der Waals surface area contributed by atoms with E-state index in [4.69, 9.17) is 27.9 Å². The number of ether oxygens (including phenoxy) is 1. The Labute approximate surface area is 105 Å². The Morgan fingerprint density at radius 1 is 1.19 bits per heavy atom. The highest BCUT2D eigenvalue weighted by Crippen LogP contribution is 2.23. The number of nitrogens with zero attached hydrogens (tertiary/aromatic N) is 1. The van der Waals surface area contributed by atoms with E-state index >= 15 is 0 Å². The van der Waals surface area contributed by atoms with Crippen molar-refractivity contribution in [3.63, 3.8) is 0 Å². The molecule has 1 aromatic rings. The van der Waals surface area contributed by atoms with Gasteiger partial charge in [0.15, 0.2) is 0 Å². The predicted octanol–water partition coefficient (Wildman–Crippen LogP) is 3.94. The zero-order valence-corrected chi connectivity index (χ0v) is 10.7. The molecule has 2 rings (SSSR count). The molecular weight excluding hydrogens is 245 g/mol. The molecule has 2 atom stereocenters. The molecule has 2 nitrogen and oxygen atoms in total. The van der Waals surface area contributed by atoms with E-state index in [2.05, 4.69) is 11.9 Å². The first kappa shape index (κ1) is 11.7. The Bertz CT molecular complexity index is 411. The van der Waals surface area contributed by atoms with E-state index in [0.29, 0.717) is 15.9 Å². The lowest BCUT2D eigenvalue weighted by atomic mass is 10.1. The van der Waals surface area contributed by atoms with Crippen molar-refractivity contribution >= 4 is 29.1 Å². The highest BCUT2D eigenvalue weighted by molar-refractivity contribution is 6.35. The summed E-state index contributed by atoms with van der Waals surface area (Å²) in [5, 5.41) is 1.19. The van der Waals surface area contributed by atoms with E-state index in [1.54, 1.807) is 6.07 Å². The maximum atomic E-state index is 5.95. The second-order valence-electron chi connectivity index (χ2n) is 4.11.